The minimum absolute atomic E-state index is 0.711. The fraction of sp³-hybridized carbons (Fsp3) is 0.267. The molecule has 100 valence electrons. The topological polar surface area (TPSA) is 34.2 Å². The van der Waals surface area contributed by atoms with Gasteiger partial charge in [-0.25, -0.2) is 0 Å². The summed E-state index contributed by atoms with van der Waals surface area (Å²) in [6, 6.07) is 7.61. The van der Waals surface area contributed by atoms with Crippen LogP contribution in [0.5, 0.6) is 11.5 Å². The van der Waals surface area contributed by atoms with Crippen LogP contribution in [-0.4, -0.2) is 11.5 Å². The largest absolute Gasteiger partial charge is 0.456 e. The number of halogens is 1. The van der Waals surface area contributed by atoms with Crippen molar-refractivity contribution in [1.82, 2.24) is 4.98 Å². The molecular formula is C15H17ClN2O. The van der Waals surface area contributed by atoms with Crippen molar-refractivity contribution in [2.75, 3.05) is 11.9 Å². The van der Waals surface area contributed by atoms with Gasteiger partial charge in [0.05, 0.1) is 18.1 Å². The number of anilines is 1. The van der Waals surface area contributed by atoms with E-state index in [1.807, 2.05) is 31.2 Å². The molecule has 2 aromatic rings. The van der Waals surface area contributed by atoms with E-state index in [1.54, 1.807) is 12.4 Å². The summed E-state index contributed by atoms with van der Waals surface area (Å²) in [4.78, 5) is 4.15. The van der Waals surface area contributed by atoms with Crippen molar-refractivity contribution >= 4 is 17.3 Å². The van der Waals surface area contributed by atoms with Crippen molar-refractivity contribution in [3.63, 3.8) is 0 Å². The van der Waals surface area contributed by atoms with Crippen LogP contribution in [0.4, 0.5) is 5.69 Å². The van der Waals surface area contributed by atoms with Gasteiger partial charge in [-0.3, -0.25) is 4.98 Å². The van der Waals surface area contributed by atoms with Crippen LogP contribution in [-0.2, 0) is 6.42 Å². The Hall–Kier alpha value is -1.74. The third kappa shape index (κ3) is 3.61. The summed E-state index contributed by atoms with van der Waals surface area (Å²) in [7, 11) is 0. The standard InChI is InChI=1S/C15H17ClN2O/c1-3-11-7-13(5-6-15(11)16)19-14-8-12(18-4-2)9-17-10-14/h5-10,18H,3-4H2,1-2H3. The van der Waals surface area contributed by atoms with Gasteiger partial charge in [0.1, 0.15) is 11.5 Å². The van der Waals surface area contributed by atoms with Gasteiger partial charge >= 0.3 is 0 Å². The molecule has 0 aliphatic rings. The molecule has 3 nitrogen and oxygen atoms in total. The van der Waals surface area contributed by atoms with Crippen LogP contribution in [0.1, 0.15) is 19.4 Å². The van der Waals surface area contributed by atoms with Gasteiger partial charge in [-0.2, -0.15) is 0 Å². The third-order valence-corrected chi connectivity index (χ3v) is 3.10. The van der Waals surface area contributed by atoms with Gasteiger partial charge in [-0.1, -0.05) is 18.5 Å². The normalized spacial score (nSPS) is 10.3. The second-order valence-electron chi connectivity index (χ2n) is 4.15. The molecule has 1 heterocycles. The van der Waals surface area contributed by atoms with Gasteiger partial charge in [-0.15, -0.1) is 0 Å². The highest BCUT2D eigenvalue weighted by atomic mass is 35.5. The molecule has 0 saturated carbocycles. The first-order valence-electron chi connectivity index (χ1n) is 6.38. The molecule has 19 heavy (non-hydrogen) atoms. The molecule has 0 unspecified atom stereocenters. The van der Waals surface area contributed by atoms with Crippen LogP contribution >= 0.6 is 11.6 Å². The van der Waals surface area contributed by atoms with Gasteiger partial charge in [0.25, 0.3) is 0 Å². The van der Waals surface area contributed by atoms with E-state index in [2.05, 4.69) is 17.2 Å². The molecule has 1 N–H and O–H groups in total. The number of rotatable bonds is 5. The van der Waals surface area contributed by atoms with E-state index in [1.165, 1.54) is 0 Å². The molecular weight excluding hydrogens is 260 g/mol. The second-order valence-corrected chi connectivity index (χ2v) is 4.56. The number of aryl methyl sites for hydroxylation is 1. The Morgan fingerprint density at radius 3 is 2.74 bits per heavy atom. The van der Waals surface area contributed by atoms with E-state index < -0.39 is 0 Å². The number of nitrogens with one attached hydrogen (secondary N) is 1. The Bertz CT molecular complexity index is 558. The fourth-order valence-electron chi connectivity index (χ4n) is 1.80. The van der Waals surface area contributed by atoms with Crippen molar-refractivity contribution in [3.05, 3.63) is 47.2 Å². The fourth-order valence-corrected chi connectivity index (χ4v) is 2.05. The van der Waals surface area contributed by atoms with Gasteiger partial charge < -0.3 is 10.1 Å². The predicted molar refractivity (Wildman–Crippen MR) is 79.3 cm³/mol. The molecule has 0 aliphatic carbocycles. The van der Waals surface area contributed by atoms with E-state index >= 15 is 0 Å². The van der Waals surface area contributed by atoms with Crippen molar-refractivity contribution < 1.29 is 4.74 Å². The molecule has 0 spiro atoms. The second kappa shape index (κ2) is 6.43. The van der Waals surface area contributed by atoms with Crippen LogP contribution in [0.15, 0.2) is 36.7 Å². The van der Waals surface area contributed by atoms with E-state index in [0.717, 1.165) is 35.0 Å². The molecule has 0 aliphatic heterocycles. The Morgan fingerprint density at radius 2 is 2.00 bits per heavy atom. The van der Waals surface area contributed by atoms with Crippen molar-refractivity contribution in [3.8, 4) is 11.5 Å². The van der Waals surface area contributed by atoms with Crippen LogP contribution in [0, 0.1) is 0 Å². The Balaban J connectivity index is 2.18. The molecule has 0 saturated heterocycles. The summed E-state index contributed by atoms with van der Waals surface area (Å²) < 4.78 is 5.80. The smallest absolute Gasteiger partial charge is 0.147 e. The molecule has 1 aromatic carbocycles. The average molecular weight is 277 g/mol. The third-order valence-electron chi connectivity index (χ3n) is 2.73. The first-order valence-corrected chi connectivity index (χ1v) is 6.76. The predicted octanol–water partition coefficient (Wildman–Crippen LogP) is 4.52. The summed E-state index contributed by atoms with van der Waals surface area (Å²) in [5.41, 5.74) is 2.03. The van der Waals surface area contributed by atoms with Crippen LogP contribution in [0.2, 0.25) is 5.02 Å². The number of nitrogens with zero attached hydrogens (tertiary/aromatic N) is 1. The van der Waals surface area contributed by atoms with Gasteiger partial charge in [-0.05, 0) is 37.1 Å². The highest BCUT2D eigenvalue weighted by molar-refractivity contribution is 6.31. The molecule has 1 aromatic heterocycles. The molecule has 0 fully saturated rings. The minimum atomic E-state index is 0.711. The van der Waals surface area contributed by atoms with E-state index in [9.17, 15) is 0 Å². The number of aromatic nitrogens is 1. The zero-order chi connectivity index (χ0) is 13.7. The summed E-state index contributed by atoms with van der Waals surface area (Å²) in [5, 5.41) is 3.97. The quantitative estimate of drug-likeness (QED) is 0.872. The van der Waals surface area contributed by atoms with Crippen LogP contribution < -0.4 is 10.1 Å². The van der Waals surface area contributed by atoms with Crippen molar-refractivity contribution in [1.29, 1.82) is 0 Å². The van der Waals surface area contributed by atoms with Crippen molar-refractivity contribution in [2.24, 2.45) is 0 Å². The maximum Gasteiger partial charge on any atom is 0.147 e. The lowest BCUT2D eigenvalue weighted by Crippen LogP contribution is -1.97. The minimum Gasteiger partial charge on any atom is -0.456 e. The van der Waals surface area contributed by atoms with Gasteiger partial charge in [0, 0.05) is 17.6 Å². The zero-order valence-corrected chi connectivity index (χ0v) is 11.9. The monoisotopic (exact) mass is 276 g/mol. The van der Waals surface area contributed by atoms with Gasteiger partial charge in [0.2, 0.25) is 0 Å². The summed E-state index contributed by atoms with van der Waals surface area (Å²) >= 11 is 6.09. The summed E-state index contributed by atoms with van der Waals surface area (Å²) in [6.07, 6.45) is 4.35. The summed E-state index contributed by atoms with van der Waals surface area (Å²) in [5.74, 6) is 1.49. The lowest BCUT2D eigenvalue weighted by Gasteiger charge is -2.09. The number of hydrogen-bond acceptors (Lipinski definition) is 3. The first kappa shape index (κ1) is 13.7. The molecule has 0 bridgehead atoms. The Kier molecular flexibility index (Phi) is 4.63. The molecule has 0 atom stereocenters. The maximum absolute atomic E-state index is 6.09. The SMILES string of the molecule is CCNc1cncc(Oc2ccc(Cl)c(CC)c2)c1. The molecule has 0 radical (unpaired) electrons. The number of pyridine rings is 1. The first-order chi connectivity index (χ1) is 9.22. The summed E-state index contributed by atoms with van der Waals surface area (Å²) in [6.45, 7) is 4.96. The zero-order valence-electron chi connectivity index (χ0n) is 11.1. The van der Waals surface area contributed by atoms with E-state index in [-0.39, 0.29) is 0 Å². The number of ether oxygens (including phenoxy) is 1. The average Bonchev–Trinajstić information content (AvgIpc) is 2.42. The Labute approximate surface area is 118 Å². The molecule has 4 heteroatoms. The van der Waals surface area contributed by atoms with Gasteiger partial charge in [0.15, 0.2) is 0 Å². The molecule has 0 amide bonds. The maximum atomic E-state index is 6.09. The van der Waals surface area contributed by atoms with E-state index in [4.69, 9.17) is 16.3 Å². The number of hydrogen-bond donors (Lipinski definition) is 1. The Morgan fingerprint density at radius 1 is 1.16 bits per heavy atom. The number of benzene rings is 1. The van der Waals surface area contributed by atoms with Crippen LogP contribution in [0.3, 0.4) is 0 Å². The lowest BCUT2D eigenvalue weighted by molar-refractivity contribution is 0.480. The highest BCUT2D eigenvalue weighted by Gasteiger charge is 2.03. The van der Waals surface area contributed by atoms with Crippen molar-refractivity contribution in [2.45, 2.75) is 20.3 Å². The lowest BCUT2D eigenvalue weighted by atomic mass is 10.1. The highest BCUT2D eigenvalue weighted by Crippen LogP contribution is 2.27. The van der Waals surface area contributed by atoms with Crippen LogP contribution in [0.25, 0.3) is 0 Å². The molecule has 2 rings (SSSR count). The van der Waals surface area contributed by atoms with E-state index in [0.29, 0.717) is 5.75 Å².